The fraction of sp³-hybridized carbons (Fsp3) is 0. The Hall–Kier alpha value is -1.10. The molecule has 1 aromatic carbocycles. The molecule has 0 aliphatic rings. The van der Waals surface area contributed by atoms with Crippen molar-refractivity contribution in [1.29, 1.82) is 0 Å². The average Bonchev–Trinajstić information content (AvgIpc) is 1.85. The second-order valence-electron chi connectivity index (χ2n) is 1.86. The van der Waals surface area contributed by atoms with Gasteiger partial charge in [-0.3, -0.25) is 10.1 Å². The van der Waals surface area contributed by atoms with Crippen molar-refractivity contribution < 1.29 is 9.31 Å². The summed E-state index contributed by atoms with van der Waals surface area (Å²) < 4.78 is 12.6. The number of benzene rings is 1. The van der Waals surface area contributed by atoms with Crippen molar-refractivity contribution in [3.8, 4) is 0 Å². The highest BCUT2D eigenvalue weighted by molar-refractivity contribution is 7.80. The lowest BCUT2D eigenvalue weighted by Crippen LogP contribution is -1.92. The molecule has 0 saturated carbocycles. The summed E-state index contributed by atoms with van der Waals surface area (Å²) in [7, 11) is 0. The first-order valence-electron chi connectivity index (χ1n) is 2.75. The predicted octanol–water partition coefficient (Wildman–Crippen LogP) is 2.02. The molecule has 0 heterocycles. The minimum Gasteiger partial charge on any atom is -0.258 e. The third kappa shape index (κ3) is 1.48. The van der Waals surface area contributed by atoms with E-state index in [1.807, 2.05) is 0 Å². The van der Waals surface area contributed by atoms with E-state index in [0.717, 1.165) is 6.07 Å². The molecule has 3 nitrogen and oxygen atoms in total. The molecule has 0 atom stereocenters. The van der Waals surface area contributed by atoms with Gasteiger partial charge in [-0.1, -0.05) is 6.07 Å². The maximum atomic E-state index is 12.6. The number of nitrogens with zero attached hydrogens (tertiary/aromatic N) is 1. The standard InChI is InChI=1S/C6H4FNO2S/c7-4-2-1-3-5(11)6(4)8(9)10/h1-3,11H. The van der Waals surface area contributed by atoms with Crippen LogP contribution in [0.15, 0.2) is 23.1 Å². The van der Waals surface area contributed by atoms with Crippen LogP contribution in [-0.4, -0.2) is 4.92 Å². The third-order valence-corrected chi connectivity index (χ3v) is 1.51. The lowest BCUT2D eigenvalue weighted by molar-refractivity contribution is -0.390. The third-order valence-electron chi connectivity index (χ3n) is 1.15. The summed E-state index contributed by atoms with van der Waals surface area (Å²) in [5.74, 6) is -0.859. The number of rotatable bonds is 1. The van der Waals surface area contributed by atoms with Gasteiger partial charge in [0.1, 0.15) is 0 Å². The Morgan fingerprint density at radius 2 is 2.18 bits per heavy atom. The van der Waals surface area contributed by atoms with Gasteiger partial charge in [-0.05, 0) is 12.1 Å². The lowest BCUT2D eigenvalue weighted by atomic mass is 10.3. The Labute approximate surface area is 67.4 Å². The van der Waals surface area contributed by atoms with E-state index in [9.17, 15) is 14.5 Å². The van der Waals surface area contributed by atoms with Crippen LogP contribution in [0.4, 0.5) is 10.1 Å². The van der Waals surface area contributed by atoms with Crippen molar-refractivity contribution in [1.82, 2.24) is 0 Å². The molecule has 1 rings (SSSR count). The molecule has 0 bridgehead atoms. The van der Waals surface area contributed by atoms with E-state index in [0.29, 0.717) is 0 Å². The molecule has 11 heavy (non-hydrogen) atoms. The van der Waals surface area contributed by atoms with Crippen LogP contribution in [0.2, 0.25) is 0 Å². The molecule has 0 fully saturated rings. The first-order chi connectivity index (χ1) is 5.13. The van der Waals surface area contributed by atoms with Crippen LogP contribution in [0.3, 0.4) is 0 Å². The number of para-hydroxylation sites is 1. The average molecular weight is 173 g/mol. The molecule has 58 valence electrons. The normalized spacial score (nSPS) is 9.64. The fourth-order valence-electron chi connectivity index (χ4n) is 0.685. The molecule has 0 aromatic heterocycles. The topological polar surface area (TPSA) is 43.1 Å². The van der Waals surface area contributed by atoms with Crippen LogP contribution >= 0.6 is 12.6 Å². The van der Waals surface area contributed by atoms with Gasteiger partial charge in [0.15, 0.2) is 0 Å². The Balaban J connectivity index is 3.32. The lowest BCUT2D eigenvalue weighted by Gasteiger charge is -1.94. The van der Waals surface area contributed by atoms with Gasteiger partial charge >= 0.3 is 5.69 Å². The van der Waals surface area contributed by atoms with Gasteiger partial charge in [0.05, 0.1) is 9.82 Å². The summed E-state index contributed by atoms with van der Waals surface area (Å²) in [4.78, 5) is 9.40. The Bertz CT molecular complexity index is 282. The van der Waals surface area contributed by atoms with E-state index in [1.165, 1.54) is 12.1 Å². The SMILES string of the molecule is O=[N+]([O-])c1c(F)cccc1S. The molecule has 0 saturated heterocycles. The van der Waals surface area contributed by atoms with E-state index < -0.39 is 16.4 Å². The summed E-state index contributed by atoms with van der Waals surface area (Å²) in [6.07, 6.45) is 0. The van der Waals surface area contributed by atoms with Crippen molar-refractivity contribution in [2.75, 3.05) is 0 Å². The smallest absolute Gasteiger partial charge is 0.258 e. The molecule has 0 amide bonds. The highest BCUT2D eigenvalue weighted by Gasteiger charge is 2.16. The maximum Gasteiger partial charge on any atom is 0.317 e. The van der Waals surface area contributed by atoms with Crippen LogP contribution in [0.25, 0.3) is 0 Å². The zero-order chi connectivity index (χ0) is 8.43. The Morgan fingerprint density at radius 3 is 2.55 bits per heavy atom. The number of halogens is 1. The molecule has 0 radical (unpaired) electrons. The van der Waals surface area contributed by atoms with Crippen molar-refractivity contribution >= 4 is 18.3 Å². The van der Waals surface area contributed by atoms with E-state index in [-0.39, 0.29) is 4.90 Å². The van der Waals surface area contributed by atoms with Crippen LogP contribution in [-0.2, 0) is 0 Å². The van der Waals surface area contributed by atoms with Crippen molar-refractivity contribution in [2.24, 2.45) is 0 Å². The number of thiol groups is 1. The van der Waals surface area contributed by atoms with Crippen LogP contribution in [0.5, 0.6) is 0 Å². The zero-order valence-corrected chi connectivity index (χ0v) is 6.22. The molecule has 0 aliphatic heterocycles. The first kappa shape index (κ1) is 8.00. The Kier molecular flexibility index (Phi) is 2.09. The molecular weight excluding hydrogens is 169 g/mol. The predicted molar refractivity (Wildman–Crippen MR) is 40.3 cm³/mol. The van der Waals surface area contributed by atoms with E-state index in [2.05, 4.69) is 12.6 Å². The van der Waals surface area contributed by atoms with Gasteiger partial charge in [-0.15, -0.1) is 12.6 Å². The van der Waals surface area contributed by atoms with Gasteiger partial charge < -0.3 is 0 Å². The molecule has 1 aromatic rings. The number of hydrogen-bond acceptors (Lipinski definition) is 3. The molecule has 0 N–H and O–H groups in total. The van der Waals surface area contributed by atoms with Gasteiger partial charge in [0, 0.05) is 0 Å². The molecule has 0 spiro atoms. The summed E-state index contributed by atoms with van der Waals surface area (Å²) in [5, 5.41) is 10.2. The minimum atomic E-state index is -0.859. The Morgan fingerprint density at radius 1 is 1.55 bits per heavy atom. The maximum absolute atomic E-state index is 12.6. The highest BCUT2D eigenvalue weighted by atomic mass is 32.1. The van der Waals surface area contributed by atoms with Crippen LogP contribution in [0, 0.1) is 15.9 Å². The van der Waals surface area contributed by atoms with E-state index >= 15 is 0 Å². The number of nitro benzene ring substituents is 1. The second kappa shape index (κ2) is 2.87. The quantitative estimate of drug-likeness (QED) is 0.401. The highest BCUT2D eigenvalue weighted by Crippen LogP contribution is 2.24. The van der Waals surface area contributed by atoms with E-state index in [1.54, 1.807) is 0 Å². The van der Waals surface area contributed by atoms with Crippen LogP contribution < -0.4 is 0 Å². The van der Waals surface area contributed by atoms with Crippen LogP contribution in [0.1, 0.15) is 0 Å². The molecule has 5 heteroatoms. The molecule has 0 aliphatic carbocycles. The second-order valence-corrected chi connectivity index (χ2v) is 2.35. The van der Waals surface area contributed by atoms with E-state index in [4.69, 9.17) is 0 Å². The number of nitro groups is 1. The van der Waals surface area contributed by atoms with Gasteiger partial charge in [-0.2, -0.15) is 4.39 Å². The first-order valence-corrected chi connectivity index (χ1v) is 3.19. The summed E-state index contributed by atoms with van der Waals surface area (Å²) in [5.41, 5.74) is -0.573. The van der Waals surface area contributed by atoms with Crippen molar-refractivity contribution in [3.05, 3.63) is 34.1 Å². The number of hydrogen-bond donors (Lipinski definition) is 1. The van der Waals surface area contributed by atoms with Gasteiger partial charge in [0.2, 0.25) is 5.82 Å². The summed E-state index contributed by atoms with van der Waals surface area (Å²) in [6, 6.07) is 3.76. The zero-order valence-electron chi connectivity index (χ0n) is 5.32. The van der Waals surface area contributed by atoms with Crippen molar-refractivity contribution in [2.45, 2.75) is 4.90 Å². The molecule has 0 unspecified atom stereocenters. The minimum absolute atomic E-state index is 0.0370. The summed E-state index contributed by atoms with van der Waals surface area (Å²) >= 11 is 3.73. The summed E-state index contributed by atoms with van der Waals surface area (Å²) in [6.45, 7) is 0. The largest absolute Gasteiger partial charge is 0.317 e. The fourth-order valence-corrected chi connectivity index (χ4v) is 0.959. The van der Waals surface area contributed by atoms with Gasteiger partial charge in [-0.25, -0.2) is 0 Å². The molecular formula is C6H4FNO2S. The van der Waals surface area contributed by atoms with Gasteiger partial charge in [0.25, 0.3) is 0 Å². The monoisotopic (exact) mass is 173 g/mol. The van der Waals surface area contributed by atoms with Crippen molar-refractivity contribution in [3.63, 3.8) is 0 Å².